The second-order valence-electron chi connectivity index (χ2n) is 7.59. The molecule has 32 heavy (non-hydrogen) atoms. The molecule has 1 aliphatic rings. The molecule has 9 nitrogen and oxygen atoms in total. The Labute approximate surface area is 191 Å². The summed E-state index contributed by atoms with van der Waals surface area (Å²) >= 11 is 1.51. The average molecular weight is 454 g/mol. The number of hydrogen-bond donors (Lipinski definition) is 2. The molecule has 0 atom stereocenters. The zero-order valence-corrected chi connectivity index (χ0v) is 18.9. The summed E-state index contributed by atoms with van der Waals surface area (Å²) in [4.78, 5) is 35.9. The van der Waals surface area contributed by atoms with E-state index in [1.165, 1.54) is 31.0 Å². The standard InChI is InChI=1S/C22H27N7O2S/c1-32-22-26-19(28-11-6-3-7-12-28)17-14-25-29(20(17)27-22)13-10-23-18(30)15-24-21(31)16-8-4-2-5-9-16/h2,4-5,8-9,14H,3,6-7,10-13,15H2,1H3,(H,23,30)(H,24,31). The van der Waals surface area contributed by atoms with E-state index < -0.39 is 0 Å². The number of carbonyl (C=O) groups is 2. The van der Waals surface area contributed by atoms with Crippen LogP contribution in [0.3, 0.4) is 0 Å². The Balaban J connectivity index is 1.36. The minimum absolute atomic E-state index is 0.0779. The number of thioether (sulfide) groups is 1. The molecule has 2 amide bonds. The van der Waals surface area contributed by atoms with Crippen molar-refractivity contribution in [1.82, 2.24) is 30.4 Å². The number of nitrogens with one attached hydrogen (secondary N) is 2. The molecule has 0 unspecified atom stereocenters. The van der Waals surface area contributed by atoms with E-state index in [1.807, 2.05) is 18.5 Å². The number of nitrogens with zero attached hydrogens (tertiary/aromatic N) is 5. The largest absolute Gasteiger partial charge is 0.356 e. The molecule has 2 N–H and O–H groups in total. The molecule has 4 rings (SSSR count). The van der Waals surface area contributed by atoms with Gasteiger partial charge in [0, 0.05) is 25.2 Å². The van der Waals surface area contributed by atoms with Gasteiger partial charge in [0.05, 0.1) is 24.7 Å². The van der Waals surface area contributed by atoms with E-state index in [0.717, 1.165) is 29.9 Å². The minimum atomic E-state index is -0.273. The van der Waals surface area contributed by atoms with E-state index in [0.29, 0.717) is 23.8 Å². The molecule has 0 spiro atoms. The number of rotatable bonds is 8. The highest BCUT2D eigenvalue weighted by Gasteiger charge is 2.19. The van der Waals surface area contributed by atoms with Crippen molar-refractivity contribution in [2.24, 2.45) is 0 Å². The van der Waals surface area contributed by atoms with Crippen molar-refractivity contribution in [2.45, 2.75) is 31.0 Å². The van der Waals surface area contributed by atoms with Crippen LogP contribution in [-0.4, -0.2) is 64.0 Å². The first-order valence-electron chi connectivity index (χ1n) is 10.8. The van der Waals surface area contributed by atoms with Crippen LogP contribution in [-0.2, 0) is 11.3 Å². The van der Waals surface area contributed by atoms with E-state index in [-0.39, 0.29) is 18.4 Å². The van der Waals surface area contributed by atoms with E-state index in [9.17, 15) is 9.59 Å². The first-order chi connectivity index (χ1) is 15.7. The Morgan fingerprint density at radius 2 is 1.84 bits per heavy atom. The van der Waals surface area contributed by atoms with Gasteiger partial charge in [-0.15, -0.1) is 0 Å². The van der Waals surface area contributed by atoms with Crippen molar-refractivity contribution in [3.63, 3.8) is 0 Å². The molecule has 3 aromatic rings. The van der Waals surface area contributed by atoms with Crippen LogP contribution in [0.1, 0.15) is 29.6 Å². The third kappa shape index (κ3) is 5.18. The Morgan fingerprint density at radius 3 is 2.59 bits per heavy atom. The second kappa shape index (κ2) is 10.4. The zero-order valence-electron chi connectivity index (χ0n) is 18.1. The summed E-state index contributed by atoms with van der Waals surface area (Å²) in [5.74, 6) is 0.419. The van der Waals surface area contributed by atoms with Crippen LogP contribution in [0.5, 0.6) is 0 Å². The van der Waals surface area contributed by atoms with Gasteiger partial charge in [-0.3, -0.25) is 9.59 Å². The molecular weight excluding hydrogens is 426 g/mol. The Kier molecular flexibility index (Phi) is 7.21. The molecule has 3 heterocycles. The van der Waals surface area contributed by atoms with Gasteiger partial charge in [0.25, 0.3) is 5.91 Å². The highest BCUT2D eigenvalue weighted by molar-refractivity contribution is 7.98. The quantitative estimate of drug-likeness (QED) is 0.397. The third-order valence-electron chi connectivity index (χ3n) is 5.39. The van der Waals surface area contributed by atoms with Crippen molar-refractivity contribution in [1.29, 1.82) is 0 Å². The predicted molar refractivity (Wildman–Crippen MR) is 125 cm³/mol. The molecule has 0 radical (unpaired) electrons. The first kappa shape index (κ1) is 22.1. The van der Waals surface area contributed by atoms with Crippen LogP contribution in [0.4, 0.5) is 5.82 Å². The second-order valence-corrected chi connectivity index (χ2v) is 8.36. The normalized spacial score (nSPS) is 13.8. The van der Waals surface area contributed by atoms with Gasteiger partial charge in [-0.05, 0) is 37.7 Å². The molecule has 1 saturated heterocycles. The molecular formula is C22H27N7O2S. The first-order valence-corrected chi connectivity index (χ1v) is 12.0. The summed E-state index contributed by atoms with van der Waals surface area (Å²) in [6.07, 6.45) is 7.37. The maximum Gasteiger partial charge on any atom is 0.251 e. The van der Waals surface area contributed by atoms with Crippen LogP contribution in [0.25, 0.3) is 11.0 Å². The SMILES string of the molecule is CSc1nc(N2CCCCC2)c2cnn(CCNC(=O)CNC(=O)c3ccccc3)c2n1. The van der Waals surface area contributed by atoms with E-state index >= 15 is 0 Å². The van der Waals surface area contributed by atoms with Gasteiger partial charge in [0.1, 0.15) is 5.82 Å². The zero-order chi connectivity index (χ0) is 22.3. The average Bonchev–Trinajstić information content (AvgIpc) is 3.25. The van der Waals surface area contributed by atoms with Crippen LogP contribution in [0, 0.1) is 0 Å². The van der Waals surface area contributed by atoms with E-state index in [2.05, 4.69) is 25.6 Å². The fourth-order valence-corrected chi connectivity index (χ4v) is 4.09. The number of piperidine rings is 1. The number of amides is 2. The molecule has 1 aromatic carbocycles. The van der Waals surface area contributed by atoms with Crippen LogP contribution < -0.4 is 15.5 Å². The van der Waals surface area contributed by atoms with E-state index in [1.54, 1.807) is 28.9 Å². The fourth-order valence-electron chi connectivity index (χ4n) is 3.74. The predicted octanol–water partition coefficient (Wildman–Crippen LogP) is 2.08. The molecule has 10 heteroatoms. The smallest absolute Gasteiger partial charge is 0.251 e. The van der Waals surface area contributed by atoms with Gasteiger partial charge in [0.2, 0.25) is 5.91 Å². The van der Waals surface area contributed by atoms with Gasteiger partial charge < -0.3 is 15.5 Å². The van der Waals surface area contributed by atoms with Crippen LogP contribution >= 0.6 is 11.8 Å². The lowest BCUT2D eigenvalue weighted by Gasteiger charge is -2.28. The summed E-state index contributed by atoms with van der Waals surface area (Å²) < 4.78 is 1.80. The number of carbonyl (C=O) groups excluding carboxylic acids is 2. The molecule has 0 bridgehead atoms. The molecule has 168 valence electrons. The van der Waals surface area contributed by atoms with Crippen molar-refractivity contribution in [2.75, 3.05) is 37.3 Å². The van der Waals surface area contributed by atoms with Crippen molar-refractivity contribution in [3.8, 4) is 0 Å². The van der Waals surface area contributed by atoms with Gasteiger partial charge in [0.15, 0.2) is 10.8 Å². The highest BCUT2D eigenvalue weighted by atomic mass is 32.2. The Morgan fingerprint density at radius 1 is 1.06 bits per heavy atom. The summed E-state index contributed by atoms with van der Waals surface area (Å²) in [5.41, 5.74) is 1.30. The van der Waals surface area contributed by atoms with Crippen LogP contribution in [0.2, 0.25) is 0 Å². The maximum absolute atomic E-state index is 12.1. The lowest BCUT2D eigenvalue weighted by Crippen LogP contribution is -2.38. The summed E-state index contributed by atoms with van der Waals surface area (Å²) in [6.45, 7) is 2.78. The molecule has 1 aliphatic heterocycles. The Bertz CT molecular complexity index is 1080. The van der Waals surface area contributed by atoms with Crippen molar-refractivity contribution in [3.05, 3.63) is 42.1 Å². The van der Waals surface area contributed by atoms with Gasteiger partial charge in [-0.25, -0.2) is 14.6 Å². The number of fused-ring (bicyclic) bond motifs is 1. The minimum Gasteiger partial charge on any atom is -0.356 e. The molecule has 0 saturated carbocycles. The number of benzene rings is 1. The van der Waals surface area contributed by atoms with Gasteiger partial charge >= 0.3 is 0 Å². The van der Waals surface area contributed by atoms with Crippen LogP contribution in [0.15, 0.2) is 41.7 Å². The topological polar surface area (TPSA) is 105 Å². The van der Waals surface area contributed by atoms with Gasteiger partial charge in [-0.1, -0.05) is 30.0 Å². The molecule has 1 fully saturated rings. The Hall–Kier alpha value is -3.14. The maximum atomic E-state index is 12.1. The summed E-state index contributed by atoms with van der Waals surface area (Å²) in [7, 11) is 0. The summed E-state index contributed by atoms with van der Waals surface area (Å²) in [5, 5.41) is 11.6. The molecule has 0 aliphatic carbocycles. The van der Waals surface area contributed by atoms with Crippen molar-refractivity contribution >= 4 is 40.4 Å². The van der Waals surface area contributed by atoms with Crippen molar-refractivity contribution < 1.29 is 9.59 Å². The lowest BCUT2D eigenvalue weighted by atomic mass is 10.1. The summed E-state index contributed by atoms with van der Waals surface area (Å²) in [6, 6.07) is 8.82. The lowest BCUT2D eigenvalue weighted by molar-refractivity contribution is -0.120. The third-order valence-corrected chi connectivity index (χ3v) is 5.93. The molecule has 2 aromatic heterocycles. The number of aromatic nitrogens is 4. The van der Waals surface area contributed by atoms with Gasteiger partial charge in [-0.2, -0.15) is 5.10 Å². The van der Waals surface area contributed by atoms with E-state index in [4.69, 9.17) is 4.98 Å². The fraction of sp³-hybridized carbons (Fsp3) is 0.409. The highest BCUT2D eigenvalue weighted by Crippen LogP contribution is 2.28. The monoisotopic (exact) mass is 453 g/mol. The number of hydrogen-bond acceptors (Lipinski definition) is 7. The number of anilines is 1.